The second-order valence-corrected chi connectivity index (χ2v) is 12.8. The minimum atomic E-state index is -0.895. The molecule has 0 spiro atoms. The van der Waals surface area contributed by atoms with Crippen LogP contribution in [0.5, 0.6) is 0 Å². The number of thiazole rings is 1. The van der Waals surface area contributed by atoms with Gasteiger partial charge in [0.2, 0.25) is 0 Å². The molecule has 2 aliphatic heterocycles. The fourth-order valence-corrected chi connectivity index (χ4v) is 8.10. The number of fused-ring (bicyclic) bond motifs is 3. The van der Waals surface area contributed by atoms with Gasteiger partial charge in [-0.25, -0.2) is 9.78 Å². The molecule has 2 unspecified atom stereocenters. The third-order valence-electron chi connectivity index (χ3n) is 8.44. The van der Waals surface area contributed by atoms with E-state index >= 15 is 0 Å². The molecule has 3 fully saturated rings. The second kappa shape index (κ2) is 9.77. The van der Waals surface area contributed by atoms with Crippen LogP contribution < -0.4 is 10.2 Å². The molecule has 2 N–H and O–H groups in total. The smallest absolute Gasteiger partial charge is 0.336 e. The Bertz CT molecular complexity index is 1560. The molecule has 7 rings (SSSR count). The summed E-state index contributed by atoms with van der Waals surface area (Å²) in [5.41, 5.74) is 4.52. The van der Waals surface area contributed by atoms with Gasteiger partial charge >= 0.3 is 5.97 Å². The van der Waals surface area contributed by atoms with Crippen molar-refractivity contribution in [1.82, 2.24) is 15.5 Å². The van der Waals surface area contributed by atoms with Crippen molar-refractivity contribution in [3.63, 3.8) is 0 Å². The fourth-order valence-electron chi connectivity index (χ4n) is 6.39. The predicted octanol–water partition coefficient (Wildman–Crippen LogP) is 7.43. The lowest BCUT2D eigenvalue weighted by molar-refractivity contribution is 0.0696. The topological polar surface area (TPSA) is 91.5 Å². The number of benzene rings is 2. The van der Waals surface area contributed by atoms with Crippen LogP contribution >= 0.6 is 34.5 Å². The summed E-state index contributed by atoms with van der Waals surface area (Å²) in [6.07, 6.45) is 6.57. The zero-order valence-electron chi connectivity index (χ0n) is 21.4. The summed E-state index contributed by atoms with van der Waals surface area (Å²) in [6.45, 7) is 2.49. The Hall–Kier alpha value is -2.65. The SMILES string of the molecule is Cc1cc2nc(N3C4CCC3CC(NCc3c(-c5c(Cl)cccc5Cl)noc3C3CC3)C4)sc2cc1C(=O)O. The van der Waals surface area contributed by atoms with E-state index in [2.05, 4.69) is 15.4 Å². The van der Waals surface area contributed by atoms with E-state index in [1.165, 1.54) is 0 Å². The van der Waals surface area contributed by atoms with E-state index in [1.807, 2.05) is 31.2 Å². The van der Waals surface area contributed by atoms with Crippen LogP contribution in [0.25, 0.3) is 21.5 Å². The summed E-state index contributed by atoms with van der Waals surface area (Å²) in [6, 6.07) is 10.4. The van der Waals surface area contributed by atoms with Gasteiger partial charge in [0.15, 0.2) is 5.13 Å². The van der Waals surface area contributed by atoms with Crippen LogP contribution in [0.3, 0.4) is 0 Å². The Morgan fingerprint density at radius 3 is 2.54 bits per heavy atom. The number of aromatic nitrogens is 2. The number of piperidine rings is 1. The predicted molar refractivity (Wildman–Crippen MR) is 154 cm³/mol. The monoisotopic (exact) mass is 582 g/mol. The molecule has 39 heavy (non-hydrogen) atoms. The Morgan fingerprint density at radius 1 is 1.15 bits per heavy atom. The number of carboxylic acids is 1. The van der Waals surface area contributed by atoms with Crippen molar-refractivity contribution in [1.29, 1.82) is 0 Å². The highest BCUT2D eigenvalue weighted by Gasteiger charge is 2.42. The average molecular weight is 584 g/mol. The highest BCUT2D eigenvalue weighted by Crippen LogP contribution is 2.46. The Kier molecular flexibility index (Phi) is 6.34. The largest absolute Gasteiger partial charge is 0.478 e. The molecular formula is C29H28Cl2N4O3S. The van der Waals surface area contributed by atoms with Crippen LogP contribution in [0.4, 0.5) is 5.13 Å². The number of aryl methyl sites for hydroxylation is 1. The van der Waals surface area contributed by atoms with Crippen LogP contribution in [0.2, 0.25) is 10.0 Å². The van der Waals surface area contributed by atoms with Gasteiger partial charge in [0.05, 0.1) is 25.8 Å². The van der Waals surface area contributed by atoms with Gasteiger partial charge in [-0.3, -0.25) is 0 Å². The van der Waals surface area contributed by atoms with Gasteiger partial charge in [0, 0.05) is 41.7 Å². The van der Waals surface area contributed by atoms with Crippen LogP contribution in [0.15, 0.2) is 34.9 Å². The van der Waals surface area contributed by atoms with Crippen molar-refractivity contribution in [2.75, 3.05) is 4.90 Å². The van der Waals surface area contributed by atoms with E-state index in [9.17, 15) is 9.90 Å². The lowest BCUT2D eigenvalue weighted by atomic mass is 9.97. The Labute approximate surface area is 240 Å². The van der Waals surface area contributed by atoms with E-state index in [0.717, 1.165) is 82.0 Å². The first kappa shape index (κ1) is 25.3. The summed E-state index contributed by atoms with van der Waals surface area (Å²) in [7, 11) is 0. The molecule has 202 valence electrons. The molecule has 1 saturated carbocycles. The van der Waals surface area contributed by atoms with Crippen molar-refractivity contribution in [2.24, 2.45) is 0 Å². The number of nitrogens with one attached hydrogen (secondary N) is 1. The molecule has 0 amide bonds. The van der Waals surface area contributed by atoms with E-state index in [0.29, 0.717) is 46.2 Å². The van der Waals surface area contributed by atoms with Crippen molar-refractivity contribution in [2.45, 2.75) is 76.0 Å². The number of carboxylic acid groups (broad SMARTS) is 1. The molecule has 2 aromatic carbocycles. The summed E-state index contributed by atoms with van der Waals surface area (Å²) < 4.78 is 6.78. The molecular weight excluding hydrogens is 555 g/mol. The zero-order valence-corrected chi connectivity index (χ0v) is 23.7. The van der Waals surface area contributed by atoms with Gasteiger partial charge in [-0.1, -0.05) is 45.8 Å². The molecule has 4 aromatic rings. The molecule has 10 heteroatoms. The van der Waals surface area contributed by atoms with Gasteiger partial charge < -0.3 is 19.8 Å². The van der Waals surface area contributed by atoms with Crippen molar-refractivity contribution in [3.8, 4) is 11.3 Å². The molecule has 4 heterocycles. The van der Waals surface area contributed by atoms with Crippen molar-refractivity contribution < 1.29 is 14.4 Å². The van der Waals surface area contributed by atoms with Crippen LogP contribution in [0.1, 0.15) is 71.7 Å². The summed E-state index contributed by atoms with van der Waals surface area (Å²) in [4.78, 5) is 19.0. The number of hydrogen-bond donors (Lipinski definition) is 2. The van der Waals surface area contributed by atoms with E-state index in [4.69, 9.17) is 32.7 Å². The van der Waals surface area contributed by atoms with Crippen LogP contribution in [-0.4, -0.2) is 39.3 Å². The number of carbonyl (C=O) groups is 1. The Balaban J connectivity index is 1.11. The minimum absolute atomic E-state index is 0.348. The molecule has 2 saturated heterocycles. The van der Waals surface area contributed by atoms with E-state index in [-0.39, 0.29) is 0 Å². The van der Waals surface area contributed by atoms with Gasteiger partial charge in [0.25, 0.3) is 0 Å². The summed E-state index contributed by atoms with van der Waals surface area (Å²) in [5.74, 6) is 0.486. The zero-order chi connectivity index (χ0) is 26.8. The van der Waals surface area contributed by atoms with Crippen molar-refractivity contribution in [3.05, 3.63) is 62.8 Å². The van der Waals surface area contributed by atoms with Gasteiger partial charge in [-0.05, 0) is 75.3 Å². The van der Waals surface area contributed by atoms with Crippen molar-refractivity contribution >= 4 is 55.9 Å². The number of halogens is 2. The maximum absolute atomic E-state index is 11.6. The van der Waals surface area contributed by atoms with Crippen LogP contribution in [-0.2, 0) is 6.54 Å². The molecule has 1 aliphatic carbocycles. The molecule has 2 aromatic heterocycles. The first-order chi connectivity index (χ1) is 18.9. The molecule has 2 bridgehead atoms. The minimum Gasteiger partial charge on any atom is -0.478 e. The number of aromatic carboxylic acids is 1. The third kappa shape index (κ3) is 4.51. The normalized spacial score (nSPS) is 22.6. The fraction of sp³-hybridized carbons (Fsp3) is 0.414. The summed E-state index contributed by atoms with van der Waals surface area (Å²) in [5, 5.41) is 19.9. The lowest BCUT2D eigenvalue weighted by Crippen LogP contribution is -2.49. The highest BCUT2D eigenvalue weighted by atomic mass is 35.5. The molecule has 7 nitrogen and oxygen atoms in total. The number of hydrogen-bond acceptors (Lipinski definition) is 7. The van der Waals surface area contributed by atoms with Crippen LogP contribution in [0, 0.1) is 6.92 Å². The standard InChI is InChI=1S/C29H28Cl2N4O3S/c1-14-9-23-24(12-19(14)28(36)37)39-29(33-23)35-17-7-8-18(35)11-16(10-17)32-13-20-26(34-38-27(20)15-5-6-15)25-21(30)3-2-4-22(25)31/h2-4,9,12,15-18,32H,5-8,10-11,13H2,1H3,(H,36,37). The highest BCUT2D eigenvalue weighted by molar-refractivity contribution is 7.22. The second-order valence-electron chi connectivity index (χ2n) is 11.0. The van der Waals surface area contributed by atoms with E-state index < -0.39 is 5.97 Å². The molecule has 3 aliphatic rings. The first-order valence-corrected chi connectivity index (χ1v) is 15.0. The first-order valence-electron chi connectivity index (χ1n) is 13.5. The quantitative estimate of drug-likeness (QED) is 0.234. The average Bonchev–Trinajstić information content (AvgIpc) is 3.44. The number of rotatable bonds is 7. The molecule has 2 atom stereocenters. The number of nitrogens with zero attached hydrogens (tertiary/aromatic N) is 3. The maximum Gasteiger partial charge on any atom is 0.336 e. The van der Waals surface area contributed by atoms with Gasteiger partial charge in [-0.15, -0.1) is 0 Å². The van der Waals surface area contributed by atoms with E-state index in [1.54, 1.807) is 17.4 Å². The Morgan fingerprint density at radius 2 is 1.87 bits per heavy atom. The molecule has 0 radical (unpaired) electrons. The lowest BCUT2D eigenvalue weighted by Gasteiger charge is -2.39. The summed E-state index contributed by atoms with van der Waals surface area (Å²) >= 11 is 14.7. The number of anilines is 1. The van der Waals surface area contributed by atoms with Gasteiger partial charge in [0.1, 0.15) is 11.5 Å². The van der Waals surface area contributed by atoms with Gasteiger partial charge in [-0.2, -0.15) is 0 Å². The third-order valence-corrected chi connectivity index (χ3v) is 10.1. The maximum atomic E-state index is 11.6.